The standard InChI is InChI=1S/C19H19Cl2FN2O/c1-11-3-4-17(16(22)7-11)23-10-18(25)24-6-5-13-8-14(20)9-15(21)19(13)12(24)2/h3-4,7-9,12,23H,5-6,10H2,1-2H3. The van der Waals surface area contributed by atoms with E-state index in [1.807, 2.05) is 19.9 Å². The van der Waals surface area contributed by atoms with E-state index in [0.29, 0.717) is 28.7 Å². The fourth-order valence-corrected chi connectivity index (χ4v) is 3.97. The van der Waals surface area contributed by atoms with Crippen LogP contribution in [0.2, 0.25) is 10.0 Å². The van der Waals surface area contributed by atoms with Gasteiger partial charge in [-0.25, -0.2) is 4.39 Å². The van der Waals surface area contributed by atoms with Gasteiger partial charge < -0.3 is 10.2 Å². The summed E-state index contributed by atoms with van der Waals surface area (Å²) in [6.07, 6.45) is 0.699. The van der Waals surface area contributed by atoms with E-state index in [2.05, 4.69) is 5.32 Å². The molecule has 1 N–H and O–H groups in total. The summed E-state index contributed by atoms with van der Waals surface area (Å²) in [5.74, 6) is -0.452. The van der Waals surface area contributed by atoms with Crippen LogP contribution in [0.5, 0.6) is 0 Å². The van der Waals surface area contributed by atoms with Crippen molar-refractivity contribution in [2.75, 3.05) is 18.4 Å². The highest BCUT2D eigenvalue weighted by Gasteiger charge is 2.29. The maximum atomic E-state index is 13.9. The van der Waals surface area contributed by atoms with Crippen molar-refractivity contribution in [3.05, 3.63) is 62.9 Å². The van der Waals surface area contributed by atoms with Crippen LogP contribution in [0.3, 0.4) is 0 Å². The van der Waals surface area contributed by atoms with Crippen molar-refractivity contribution in [2.45, 2.75) is 26.3 Å². The van der Waals surface area contributed by atoms with E-state index in [9.17, 15) is 9.18 Å². The van der Waals surface area contributed by atoms with Crippen molar-refractivity contribution in [1.29, 1.82) is 0 Å². The maximum Gasteiger partial charge on any atom is 0.242 e. The van der Waals surface area contributed by atoms with Gasteiger partial charge in [0, 0.05) is 16.6 Å². The van der Waals surface area contributed by atoms with Crippen molar-refractivity contribution >= 4 is 34.8 Å². The minimum Gasteiger partial charge on any atom is -0.374 e. The van der Waals surface area contributed by atoms with Crippen LogP contribution in [0.1, 0.15) is 29.7 Å². The number of hydrogen-bond acceptors (Lipinski definition) is 2. The topological polar surface area (TPSA) is 32.3 Å². The summed E-state index contributed by atoms with van der Waals surface area (Å²) < 4.78 is 13.9. The Morgan fingerprint density at radius 1 is 1.32 bits per heavy atom. The van der Waals surface area contributed by atoms with Crippen LogP contribution >= 0.6 is 23.2 Å². The first-order chi connectivity index (χ1) is 11.9. The number of amides is 1. The van der Waals surface area contributed by atoms with Crippen molar-refractivity contribution in [1.82, 2.24) is 4.90 Å². The second-order valence-electron chi connectivity index (χ2n) is 6.31. The zero-order valence-corrected chi connectivity index (χ0v) is 15.6. The first-order valence-corrected chi connectivity index (χ1v) is 8.89. The normalized spacial score (nSPS) is 16.5. The van der Waals surface area contributed by atoms with Gasteiger partial charge in [0.05, 0.1) is 18.3 Å². The van der Waals surface area contributed by atoms with E-state index in [0.717, 1.165) is 16.7 Å². The summed E-state index contributed by atoms with van der Waals surface area (Å²) in [6, 6.07) is 8.35. The summed E-state index contributed by atoms with van der Waals surface area (Å²) in [7, 11) is 0. The van der Waals surface area contributed by atoms with Gasteiger partial charge in [-0.3, -0.25) is 4.79 Å². The largest absolute Gasteiger partial charge is 0.374 e. The van der Waals surface area contributed by atoms with Gasteiger partial charge in [-0.15, -0.1) is 0 Å². The van der Waals surface area contributed by atoms with E-state index < -0.39 is 0 Å². The van der Waals surface area contributed by atoms with Gasteiger partial charge >= 0.3 is 0 Å². The number of halogens is 3. The van der Waals surface area contributed by atoms with Crippen molar-refractivity contribution < 1.29 is 9.18 Å². The Morgan fingerprint density at radius 2 is 2.08 bits per heavy atom. The van der Waals surface area contributed by atoms with Crippen LogP contribution in [0.15, 0.2) is 30.3 Å². The third-order valence-electron chi connectivity index (χ3n) is 4.56. The summed E-state index contributed by atoms with van der Waals surface area (Å²) in [6.45, 7) is 4.38. The van der Waals surface area contributed by atoms with Gasteiger partial charge in [0.2, 0.25) is 5.91 Å². The molecule has 1 unspecified atom stereocenters. The molecule has 0 saturated carbocycles. The lowest BCUT2D eigenvalue weighted by Crippen LogP contribution is -2.42. The van der Waals surface area contributed by atoms with E-state index in [-0.39, 0.29) is 24.3 Å². The fraction of sp³-hybridized carbons (Fsp3) is 0.316. The summed E-state index contributed by atoms with van der Waals surface area (Å²) >= 11 is 12.4. The summed E-state index contributed by atoms with van der Waals surface area (Å²) in [4.78, 5) is 14.4. The number of fused-ring (bicyclic) bond motifs is 1. The number of benzene rings is 2. The third kappa shape index (κ3) is 3.75. The molecule has 3 rings (SSSR count). The van der Waals surface area contributed by atoms with Gasteiger partial charge in [-0.05, 0) is 61.2 Å². The lowest BCUT2D eigenvalue weighted by molar-refractivity contribution is -0.131. The molecule has 6 heteroatoms. The zero-order chi connectivity index (χ0) is 18.1. The third-order valence-corrected chi connectivity index (χ3v) is 5.09. The molecule has 1 aliphatic rings. The fourth-order valence-electron chi connectivity index (χ4n) is 3.28. The molecule has 1 atom stereocenters. The number of aryl methyl sites for hydroxylation is 1. The van der Waals surface area contributed by atoms with Crippen molar-refractivity contribution in [3.8, 4) is 0 Å². The average Bonchev–Trinajstić information content (AvgIpc) is 2.53. The molecule has 0 fully saturated rings. The second kappa shape index (κ2) is 7.22. The number of rotatable bonds is 3. The Kier molecular flexibility index (Phi) is 5.21. The zero-order valence-electron chi connectivity index (χ0n) is 14.1. The van der Waals surface area contributed by atoms with Gasteiger partial charge in [0.25, 0.3) is 0 Å². The van der Waals surface area contributed by atoms with Crippen molar-refractivity contribution in [3.63, 3.8) is 0 Å². The Hall–Kier alpha value is -1.78. The number of nitrogens with one attached hydrogen (secondary N) is 1. The Morgan fingerprint density at radius 3 is 2.80 bits per heavy atom. The second-order valence-corrected chi connectivity index (χ2v) is 7.15. The van der Waals surface area contributed by atoms with Crippen LogP contribution in [-0.4, -0.2) is 23.9 Å². The van der Waals surface area contributed by atoms with E-state index in [4.69, 9.17) is 23.2 Å². The first-order valence-electron chi connectivity index (χ1n) is 8.14. The number of carbonyl (C=O) groups is 1. The molecule has 1 heterocycles. The molecule has 3 nitrogen and oxygen atoms in total. The first kappa shape index (κ1) is 18.0. The molecule has 1 aliphatic heterocycles. The number of carbonyl (C=O) groups excluding carboxylic acids is 1. The number of nitrogens with zero attached hydrogens (tertiary/aromatic N) is 1. The molecule has 1 amide bonds. The van der Waals surface area contributed by atoms with E-state index in [1.54, 1.807) is 23.1 Å². The lowest BCUT2D eigenvalue weighted by Gasteiger charge is -2.36. The van der Waals surface area contributed by atoms with E-state index in [1.165, 1.54) is 6.07 Å². The number of hydrogen-bond donors (Lipinski definition) is 1. The smallest absolute Gasteiger partial charge is 0.242 e. The van der Waals surface area contributed by atoms with Crippen LogP contribution in [0, 0.1) is 12.7 Å². The quantitative estimate of drug-likeness (QED) is 0.812. The van der Waals surface area contributed by atoms with Gasteiger partial charge in [0.1, 0.15) is 5.82 Å². The predicted molar refractivity (Wildman–Crippen MR) is 99.9 cm³/mol. The van der Waals surface area contributed by atoms with Crippen LogP contribution in [-0.2, 0) is 11.2 Å². The highest BCUT2D eigenvalue weighted by molar-refractivity contribution is 6.35. The summed E-state index contributed by atoms with van der Waals surface area (Å²) in [5, 5.41) is 4.06. The average molecular weight is 381 g/mol. The minimum absolute atomic E-state index is 0.0326. The highest BCUT2D eigenvalue weighted by atomic mass is 35.5. The van der Waals surface area contributed by atoms with E-state index >= 15 is 0 Å². The van der Waals surface area contributed by atoms with Crippen molar-refractivity contribution in [2.24, 2.45) is 0 Å². The Bertz CT molecular complexity index is 825. The van der Waals surface area contributed by atoms with Crippen LogP contribution < -0.4 is 5.32 Å². The molecule has 2 aromatic carbocycles. The molecular formula is C19H19Cl2FN2O. The molecule has 0 saturated heterocycles. The minimum atomic E-state index is -0.359. The van der Waals surface area contributed by atoms with Crippen LogP contribution in [0.4, 0.5) is 10.1 Å². The summed E-state index contributed by atoms with van der Waals surface area (Å²) in [5.41, 5.74) is 3.18. The monoisotopic (exact) mass is 380 g/mol. The van der Waals surface area contributed by atoms with Gasteiger partial charge in [-0.2, -0.15) is 0 Å². The van der Waals surface area contributed by atoms with Gasteiger partial charge in [0.15, 0.2) is 0 Å². The molecule has 0 spiro atoms. The molecule has 2 aromatic rings. The lowest BCUT2D eigenvalue weighted by atomic mass is 9.93. The van der Waals surface area contributed by atoms with Crippen LogP contribution in [0.25, 0.3) is 0 Å². The SMILES string of the molecule is Cc1ccc(NCC(=O)N2CCc3cc(Cl)cc(Cl)c3C2C)c(F)c1. The maximum absolute atomic E-state index is 13.9. The molecule has 132 valence electrons. The molecule has 0 aliphatic carbocycles. The molecule has 0 aromatic heterocycles. The Labute approximate surface area is 156 Å². The highest BCUT2D eigenvalue weighted by Crippen LogP contribution is 2.36. The predicted octanol–water partition coefficient (Wildman–Crippen LogP) is 5.00. The van der Waals surface area contributed by atoms with Gasteiger partial charge in [-0.1, -0.05) is 29.3 Å². The molecule has 0 bridgehead atoms. The molecule has 0 radical (unpaired) electrons. The molecular weight excluding hydrogens is 362 g/mol. The molecule has 25 heavy (non-hydrogen) atoms. The number of anilines is 1. The Balaban J connectivity index is 1.73.